The normalized spacial score (nSPS) is 18.1. The monoisotopic (exact) mass is 337 g/mol. The van der Waals surface area contributed by atoms with Gasteiger partial charge in [0.15, 0.2) is 5.76 Å². The molecular weight excluding hydrogens is 310 g/mol. The second kappa shape index (κ2) is 7.23. The number of likely N-dealkylation sites (tertiary alicyclic amines) is 1. The van der Waals surface area contributed by atoms with Crippen LogP contribution in [0.1, 0.15) is 64.8 Å². The van der Waals surface area contributed by atoms with Crippen LogP contribution in [0.25, 0.3) is 0 Å². The molecule has 24 heavy (non-hydrogen) atoms. The van der Waals surface area contributed by atoms with Crippen molar-refractivity contribution in [3.63, 3.8) is 0 Å². The van der Waals surface area contributed by atoms with E-state index in [-0.39, 0.29) is 18.4 Å². The minimum atomic E-state index is -0.576. The van der Waals surface area contributed by atoms with Gasteiger partial charge in [-0.05, 0) is 39.5 Å². The predicted molar refractivity (Wildman–Crippen MR) is 88.4 cm³/mol. The zero-order valence-corrected chi connectivity index (χ0v) is 15.1. The number of nitrogens with zero attached hydrogens (tertiary/aromatic N) is 2. The molecule has 0 spiro atoms. The average Bonchev–Trinajstić information content (AvgIpc) is 3.12. The van der Waals surface area contributed by atoms with Crippen molar-refractivity contribution in [2.75, 3.05) is 6.54 Å². The van der Waals surface area contributed by atoms with E-state index in [0.717, 1.165) is 12.1 Å². The van der Waals surface area contributed by atoms with Gasteiger partial charge in [0.2, 0.25) is 5.91 Å². The maximum Gasteiger partial charge on any atom is 0.410 e. The smallest absolute Gasteiger partial charge is 0.410 e. The Morgan fingerprint density at radius 2 is 2.17 bits per heavy atom. The first-order chi connectivity index (χ1) is 11.2. The first kappa shape index (κ1) is 18.3. The van der Waals surface area contributed by atoms with Crippen molar-refractivity contribution in [3.8, 4) is 0 Å². The average molecular weight is 337 g/mol. The molecule has 7 heteroatoms. The number of amides is 2. The van der Waals surface area contributed by atoms with Crippen LogP contribution < -0.4 is 5.32 Å². The van der Waals surface area contributed by atoms with Crippen LogP contribution in [-0.2, 0) is 16.1 Å². The van der Waals surface area contributed by atoms with Crippen molar-refractivity contribution in [1.82, 2.24) is 15.4 Å². The van der Waals surface area contributed by atoms with Crippen molar-refractivity contribution < 1.29 is 18.8 Å². The van der Waals surface area contributed by atoms with Gasteiger partial charge in [0, 0.05) is 12.6 Å². The molecule has 7 nitrogen and oxygen atoms in total. The summed E-state index contributed by atoms with van der Waals surface area (Å²) in [6.45, 7) is 10.3. The van der Waals surface area contributed by atoms with Crippen LogP contribution >= 0.6 is 0 Å². The standard InChI is InChI=1S/C17H27N3O4/c1-11(2)13-9-12(24-19-13)10-18-15(21)14-7-6-8-20(14)16(22)23-17(3,4)5/h9,11,14H,6-8,10H2,1-5H3,(H,18,21). The summed E-state index contributed by atoms with van der Waals surface area (Å²) in [5.74, 6) is 0.686. The lowest BCUT2D eigenvalue weighted by Gasteiger charge is -2.27. The molecule has 1 unspecified atom stereocenters. The Kier molecular flexibility index (Phi) is 5.51. The fourth-order valence-electron chi connectivity index (χ4n) is 2.55. The molecule has 1 saturated heterocycles. The van der Waals surface area contributed by atoms with Crippen LogP contribution in [0, 0.1) is 0 Å². The molecule has 1 aliphatic rings. The number of nitrogens with one attached hydrogen (secondary N) is 1. The molecule has 1 aromatic heterocycles. The SMILES string of the molecule is CC(C)c1cc(CNC(=O)C2CCCN2C(=O)OC(C)(C)C)on1. The molecule has 1 N–H and O–H groups in total. The molecule has 1 aliphatic heterocycles. The van der Waals surface area contributed by atoms with E-state index < -0.39 is 17.7 Å². The lowest BCUT2D eigenvalue weighted by atomic mass is 10.1. The van der Waals surface area contributed by atoms with Crippen LogP contribution in [-0.4, -0.2) is 40.2 Å². The van der Waals surface area contributed by atoms with Crippen molar-refractivity contribution in [3.05, 3.63) is 17.5 Å². The highest BCUT2D eigenvalue weighted by atomic mass is 16.6. The summed E-state index contributed by atoms with van der Waals surface area (Å²) in [4.78, 5) is 26.1. The van der Waals surface area contributed by atoms with E-state index in [4.69, 9.17) is 9.26 Å². The molecule has 0 bridgehead atoms. The van der Waals surface area contributed by atoms with Crippen LogP contribution in [0.3, 0.4) is 0 Å². The van der Waals surface area contributed by atoms with E-state index >= 15 is 0 Å². The van der Waals surface area contributed by atoms with Crippen LogP contribution in [0.2, 0.25) is 0 Å². The number of hydrogen-bond acceptors (Lipinski definition) is 5. The van der Waals surface area contributed by atoms with E-state index in [2.05, 4.69) is 10.5 Å². The highest BCUT2D eigenvalue weighted by Crippen LogP contribution is 2.21. The first-order valence-electron chi connectivity index (χ1n) is 8.40. The van der Waals surface area contributed by atoms with Crippen LogP contribution in [0.4, 0.5) is 4.79 Å². The van der Waals surface area contributed by atoms with Gasteiger partial charge in [0.1, 0.15) is 11.6 Å². The third-order valence-corrected chi connectivity index (χ3v) is 3.79. The number of ether oxygens (including phenoxy) is 1. The van der Waals surface area contributed by atoms with E-state index in [0.29, 0.717) is 18.7 Å². The zero-order chi connectivity index (χ0) is 17.9. The summed E-state index contributed by atoms with van der Waals surface area (Å²) in [5.41, 5.74) is 0.281. The van der Waals surface area contributed by atoms with E-state index in [9.17, 15) is 9.59 Å². The topological polar surface area (TPSA) is 84.7 Å². The Hall–Kier alpha value is -2.05. The second-order valence-electron chi connectivity index (χ2n) is 7.42. The summed E-state index contributed by atoms with van der Waals surface area (Å²) in [6.07, 6.45) is 0.984. The molecule has 2 heterocycles. The Labute approximate surface area is 142 Å². The molecule has 1 atom stereocenters. The summed E-state index contributed by atoms with van der Waals surface area (Å²) in [5, 5.41) is 6.78. The maximum absolute atomic E-state index is 12.4. The van der Waals surface area contributed by atoms with Crippen LogP contribution in [0.5, 0.6) is 0 Å². The summed E-state index contributed by atoms with van der Waals surface area (Å²) >= 11 is 0. The Bertz CT molecular complexity index is 589. The van der Waals surface area contributed by atoms with Gasteiger partial charge in [-0.3, -0.25) is 9.69 Å². The largest absolute Gasteiger partial charge is 0.444 e. The van der Waals surface area contributed by atoms with Gasteiger partial charge >= 0.3 is 6.09 Å². The number of carbonyl (C=O) groups excluding carboxylic acids is 2. The third-order valence-electron chi connectivity index (χ3n) is 3.79. The minimum absolute atomic E-state index is 0.194. The molecule has 0 aliphatic carbocycles. The lowest BCUT2D eigenvalue weighted by Crippen LogP contribution is -2.47. The molecule has 0 saturated carbocycles. The van der Waals surface area contributed by atoms with Gasteiger partial charge in [-0.1, -0.05) is 19.0 Å². The highest BCUT2D eigenvalue weighted by Gasteiger charge is 2.36. The van der Waals surface area contributed by atoms with Gasteiger partial charge in [0.05, 0.1) is 12.2 Å². The first-order valence-corrected chi connectivity index (χ1v) is 8.40. The molecule has 1 fully saturated rings. The molecule has 2 amide bonds. The van der Waals surface area contributed by atoms with Crippen LogP contribution in [0.15, 0.2) is 10.6 Å². The Morgan fingerprint density at radius 1 is 1.46 bits per heavy atom. The Morgan fingerprint density at radius 3 is 2.75 bits per heavy atom. The predicted octanol–water partition coefficient (Wildman–Crippen LogP) is 2.81. The van der Waals surface area contributed by atoms with Gasteiger partial charge in [-0.2, -0.15) is 0 Å². The minimum Gasteiger partial charge on any atom is -0.444 e. The van der Waals surface area contributed by atoms with Gasteiger partial charge < -0.3 is 14.6 Å². The quantitative estimate of drug-likeness (QED) is 0.913. The summed E-state index contributed by atoms with van der Waals surface area (Å²) in [6, 6.07) is 1.35. The number of carbonyl (C=O) groups is 2. The fraction of sp³-hybridized carbons (Fsp3) is 0.706. The number of hydrogen-bond donors (Lipinski definition) is 1. The molecule has 2 rings (SSSR count). The van der Waals surface area contributed by atoms with Gasteiger partial charge in [-0.15, -0.1) is 0 Å². The Balaban J connectivity index is 1.91. The third kappa shape index (κ3) is 4.72. The number of aromatic nitrogens is 1. The molecular formula is C17H27N3O4. The van der Waals surface area contributed by atoms with E-state index in [1.54, 1.807) is 0 Å². The van der Waals surface area contributed by atoms with Crippen molar-refractivity contribution in [2.24, 2.45) is 0 Å². The second-order valence-corrected chi connectivity index (χ2v) is 7.42. The lowest BCUT2D eigenvalue weighted by molar-refractivity contribution is -0.125. The maximum atomic E-state index is 12.4. The molecule has 0 aromatic carbocycles. The molecule has 134 valence electrons. The summed E-state index contributed by atoms with van der Waals surface area (Å²) < 4.78 is 10.6. The highest BCUT2D eigenvalue weighted by molar-refractivity contribution is 5.86. The van der Waals surface area contributed by atoms with Crippen molar-refractivity contribution in [2.45, 2.75) is 71.6 Å². The van der Waals surface area contributed by atoms with E-state index in [1.165, 1.54) is 4.90 Å². The van der Waals surface area contributed by atoms with E-state index in [1.807, 2.05) is 40.7 Å². The fourth-order valence-corrected chi connectivity index (χ4v) is 2.55. The van der Waals surface area contributed by atoms with Crippen molar-refractivity contribution in [1.29, 1.82) is 0 Å². The van der Waals surface area contributed by atoms with Gasteiger partial charge in [-0.25, -0.2) is 4.79 Å². The van der Waals surface area contributed by atoms with Gasteiger partial charge in [0.25, 0.3) is 0 Å². The molecule has 1 aromatic rings. The zero-order valence-electron chi connectivity index (χ0n) is 15.1. The van der Waals surface area contributed by atoms with Crippen molar-refractivity contribution >= 4 is 12.0 Å². The molecule has 0 radical (unpaired) electrons. The summed E-state index contributed by atoms with van der Waals surface area (Å²) in [7, 11) is 0. The number of rotatable bonds is 4.